The van der Waals surface area contributed by atoms with Gasteiger partial charge < -0.3 is 0 Å². The first-order chi connectivity index (χ1) is 4.52. The van der Waals surface area contributed by atoms with Gasteiger partial charge in [-0.25, -0.2) is 8.42 Å². The summed E-state index contributed by atoms with van der Waals surface area (Å²) in [4.78, 5) is -0.124. The van der Waals surface area contributed by atoms with Crippen molar-refractivity contribution in [3.8, 4) is 0 Å². The highest BCUT2D eigenvalue weighted by Gasteiger charge is 2.16. The van der Waals surface area contributed by atoms with Crippen molar-refractivity contribution in [3.63, 3.8) is 0 Å². The number of rotatable bonds is 1. The third kappa shape index (κ3) is 1.60. The molecule has 0 aliphatic carbocycles. The fourth-order valence-corrected chi connectivity index (χ4v) is 2.93. The number of hydrogen-bond acceptors (Lipinski definition) is 4. The van der Waals surface area contributed by atoms with E-state index in [1.54, 1.807) is 0 Å². The van der Waals surface area contributed by atoms with Crippen LogP contribution in [-0.4, -0.2) is 12.8 Å². The third-order valence-electron chi connectivity index (χ3n) is 0.759. The quantitative estimate of drug-likeness (QED) is 0.674. The zero-order chi connectivity index (χ0) is 7.78. The molecule has 1 aromatic heterocycles. The van der Waals surface area contributed by atoms with Crippen molar-refractivity contribution in [2.24, 2.45) is 0 Å². The second-order valence-corrected chi connectivity index (χ2v) is 4.93. The Morgan fingerprint density at radius 3 is 2.40 bits per heavy atom. The van der Waals surface area contributed by atoms with Gasteiger partial charge in [-0.1, -0.05) is 11.6 Å². The number of nitrogens with zero attached hydrogens (tertiary/aromatic N) is 1. The van der Waals surface area contributed by atoms with E-state index >= 15 is 0 Å². The van der Waals surface area contributed by atoms with E-state index in [0.717, 1.165) is 11.5 Å². The molecule has 0 aromatic carbocycles. The molecule has 0 fully saturated rings. The molecule has 7 heteroatoms. The number of halogens is 2. The predicted octanol–water partition coefficient (Wildman–Crippen LogP) is 1.72. The van der Waals surface area contributed by atoms with E-state index in [9.17, 15) is 8.42 Å². The molecule has 0 radical (unpaired) electrons. The maximum atomic E-state index is 10.6. The minimum Gasteiger partial charge on any atom is -0.207 e. The summed E-state index contributed by atoms with van der Waals surface area (Å²) in [6.45, 7) is 0. The zero-order valence-corrected chi connectivity index (χ0v) is 7.56. The van der Waals surface area contributed by atoms with E-state index in [2.05, 4.69) is 4.37 Å². The summed E-state index contributed by atoms with van der Waals surface area (Å²) in [5, 5.41) is 1.21. The predicted molar refractivity (Wildman–Crippen MR) is 40.2 cm³/mol. The molecule has 0 saturated carbocycles. The Labute approximate surface area is 71.2 Å². The van der Waals surface area contributed by atoms with Crippen molar-refractivity contribution in [2.75, 3.05) is 0 Å². The number of aromatic nitrogens is 1. The van der Waals surface area contributed by atoms with Crippen molar-refractivity contribution in [3.05, 3.63) is 10.5 Å². The van der Waals surface area contributed by atoms with Crippen LogP contribution in [0.5, 0.6) is 0 Å². The zero-order valence-electron chi connectivity index (χ0n) is 4.41. The highest BCUT2D eigenvalue weighted by atomic mass is 35.7. The second-order valence-electron chi connectivity index (χ2n) is 1.41. The average molecular weight is 218 g/mol. The Bertz CT molecular complexity index is 330. The Morgan fingerprint density at radius 1 is 1.60 bits per heavy atom. The van der Waals surface area contributed by atoms with Crippen LogP contribution in [0.15, 0.2) is 10.3 Å². The van der Waals surface area contributed by atoms with E-state index in [4.69, 9.17) is 22.3 Å². The second kappa shape index (κ2) is 2.65. The fourth-order valence-electron chi connectivity index (χ4n) is 0.372. The molecule has 10 heavy (non-hydrogen) atoms. The molecule has 0 N–H and O–H groups in total. The normalized spacial score (nSPS) is 11.8. The van der Waals surface area contributed by atoms with Gasteiger partial charge in [-0.3, -0.25) is 0 Å². The minimum atomic E-state index is -3.70. The molecule has 1 aromatic rings. The van der Waals surface area contributed by atoms with Gasteiger partial charge >= 0.3 is 0 Å². The topological polar surface area (TPSA) is 47.0 Å². The lowest BCUT2D eigenvalue weighted by atomic mass is 10.8. The molecular formula is C3HCl2NO2S2. The maximum absolute atomic E-state index is 10.6. The summed E-state index contributed by atoms with van der Waals surface area (Å²) in [7, 11) is 1.26. The van der Waals surface area contributed by atoms with Crippen LogP contribution in [0.1, 0.15) is 0 Å². The molecule has 1 heterocycles. The van der Waals surface area contributed by atoms with Gasteiger partial charge in [-0.2, -0.15) is 4.37 Å². The van der Waals surface area contributed by atoms with Crippen LogP contribution in [0.4, 0.5) is 0 Å². The Kier molecular flexibility index (Phi) is 2.19. The number of hydrogen-bond donors (Lipinski definition) is 0. The van der Waals surface area contributed by atoms with E-state index < -0.39 is 9.05 Å². The van der Waals surface area contributed by atoms with Crippen molar-refractivity contribution in [1.82, 2.24) is 4.37 Å². The lowest BCUT2D eigenvalue weighted by Crippen LogP contribution is -1.87. The van der Waals surface area contributed by atoms with Crippen LogP contribution in [0.3, 0.4) is 0 Å². The third-order valence-corrected chi connectivity index (χ3v) is 3.37. The van der Waals surface area contributed by atoms with Gasteiger partial charge in [0, 0.05) is 16.1 Å². The minimum absolute atomic E-state index is 0.0694. The van der Waals surface area contributed by atoms with Gasteiger partial charge in [0.15, 0.2) is 5.15 Å². The first-order valence-corrected chi connectivity index (χ1v) is 5.59. The molecule has 56 valence electrons. The van der Waals surface area contributed by atoms with Crippen molar-refractivity contribution >= 4 is 42.9 Å². The lowest BCUT2D eigenvalue weighted by molar-refractivity contribution is 0.610. The summed E-state index contributed by atoms with van der Waals surface area (Å²) in [6, 6.07) is 0. The largest absolute Gasteiger partial charge is 0.265 e. The first kappa shape index (κ1) is 8.26. The maximum Gasteiger partial charge on any atom is 0.265 e. The smallest absolute Gasteiger partial charge is 0.207 e. The molecule has 0 unspecified atom stereocenters. The summed E-state index contributed by atoms with van der Waals surface area (Å²) < 4.78 is 24.7. The van der Waals surface area contributed by atoms with Crippen molar-refractivity contribution in [2.45, 2.75) is 4.90 Å². The van der Waals surface area contributed by atoms with E-state index in [-0.39, 0.29) is 10.0 Å². The van der Waals surface area contributed by atoms with Crippen molar-refractivity contribution in [1.29, 1.82) is 0 Å². The molecule has 0 aliphatic rings. The van der Waals surface area contributed by atoms with Gasteiger partial charge in [0.05, 0.1) is 0 Å². The van der Waals surface area contributed by atoms with Gasteiger partial charge in [0.1, 0.15) is 4.90 Å². The fraction of sp³-hybridized carbons (Fsp3) is 0. The van der Waals surface area contributed by atoms with Crippen LogP contribution < -0.4 is 0 Å². The van der Waals surface area contributed by atoms with Crippen LogP contribution >= 0.6 is 33.8 Å². The van der Waals surface area contributed by atoms with Crippen LogP contribution in [0.25, 0.3) is 0 Å². The summed E-state index contributed by atoms with van der Waals surface area (Å²) in [5.41, 5.74) is 0. The Hall–Kier alpha value is 0.160. The lowest BCUT2D eigenvalue weighted by Gasteiger charge is -1.86. The molecule has 3 nitrogen and oxygen atoms in total. The molecule has 0 spiro atoms. The molecule has 0 bridgehead atoms. The van der Waals surface area contributed by atoms with Crippen LogP contribution in [-0.2, 0) is 9.05 Å². The average Bonchev–Trinajstić information content (AvgIpc) is 2.11. The van der Waals surface area contributed by atoms with Gasteiger partial charge in [0.25, 0.3) is 9.05 Å². The van der Waals surface area contributed by atoms with Gasteiger partial charge in [0.2, 0.25) is 0 Å². The molecule has 0 aliphatic heterocycles. The summed E-state index contributed by atoms with van der Waals surface area (Å²) >= 11 is 6.31. The van der Waals surface area contributed by atoms with Gasteiger partial charge in [-0.05, 0) is 11.5 Å². The SMILES string of the molecule is O=S(=O)(Cl)c1csnc1Cl. The summed E-state index contributed by atoms with van der Waals surface area (Å²) in [5.74, 6) is 0. The highest BCUT2D eigenvalue weighted by molar-refractivity contribution is 8.13. The van der Waals surface area contributed by atoms with E-state index in [1.165, 1.54) is 5.38 Å². The van der Waals surface area contributed by atoms with E-state index in [0.29, 0.717) is 0 Å². The van der Waals surface area contributed by atoms with E-state index in [1.807, 2.05) is 0 Å². The standard InChI is InChI=1S/C3HCl2NO2S2/c4-3-2(1-9-6-3)10(5,7)8/h1H. The monoisotopic (exact) mass is 217 g/mol. The first-order valence-electron chi connectivity index (χ1n) is 2.06. The molecule has 1 rings (SSSR count). The Morgan fingerprint density at radius 2 is 2.20 bits per heavy atom. The van der Waals surface area contributed by atoms with Crippen LogP contribution in [0, 0.1) is 0 Å². The Balaban J connectivity index is 3.32. The highest BCUT2D eigenvalue weighted by Crippen LogP contribution is 2.24. The molecule has 0 amide bonds. The molecule has 0 saturated heterocycles. The summed E-state index contributed by atoms with van der Waals surface area (Å²) in [6.07, 6.45) is 0. The molecular weight excluding hydrogens is 217 g/mol. The van der Waals surface area contributed by atoms with Crippen LogP contribution in [0.2, 0.25) is 5.15 Å². The molecule has 0 atom stereocenters. The van der Waals surface area contributed by atoms with Crippen molar-refractivity contribution < 1.29 is 8.42 Å². The van der Waals surface area contributed by atoms with Gasteiger partial charge in [-0.15, -0.1) is 0 Å².